The zero-order valence-corrected chi connectivity index (χ0v) is 61.4. The fourth-order valence-corrected chi connectivity index (χ4v) is 11.4. The summed E-state index contributed by atoms with van der Waals surface area (Å²) >= 11 is 0. The number of hydrogen-bond acceptors (Lipinski definition) is 8. The molecular formula is C82H144NO8P. The van der Waals surface area contributed by atoms with Crippen molar-refractivity contribution in [3.05, 3.63) is 122 Å². The number of rotatable bonds is 70. The highest BCUT2D eigenvalue weighted by Crippen LogP contribution is 2.38. The third kappa shape index (κ3) is 75.4. The molecular weight excluding hydrogens is 1160 g/mol. The molecule has 0 saturated heterocycles. The number of carbonyl (C=O) groups is 2. The van der Waals surface area contributed by atoms with Crippen LogP contribution in [0, 0.1) is 0 Å². The minimum absolute atomic E-state index is 0.0374. The normalized spacial score (nSPS) is 13.8. The number of nitrogens with zero attached hydrogens (tertiary/aromatic N) is 1. The van der Waals surface area contributed by atoms with E-state index in [1.54, 1.807) is 0 Å². The van der Waals surface area contributed by atoms with Crippen molar-refractivity contribution in [2.45, 2.75) is 341 Å². The molecule has 0 rings (SSSR count). The van der Waals surface area contributed by atoms with Crippen molar-refractivity contribution in [2.24, 2.45) is 0 Å². The van der Waals surface area contributed by atoms with Crippen molar-refractivity contribution in [3.8, 4) is 0 Å². The van der Waals surface area contributed by atoms with Gasteiger partial charge in [-0.2, -0.15) is 0 Å². The second-order valence-electron chi connectivity index (χ2n) is 26.6. The van der Waals surface area contributed by atoms with Crippen molar-refractivity contribution >= 4 is 19.8 Å². The minimum atomic E-state index is -4.65. The standard InChI is InChI=1S/C82H144NO8P/c1-6-8-10-12-14-16-18-20-22-24-26-28-30-32-34-36-37-38-39-40-41-42-43-44-45-47-48-50-52-54-56-58-60-62-64-66-68-70-72-74-81(84)88-78-80(79-90-92(86,87)89-77-76-83(3,4)5)91-82(85)75-73-71-69-67-65-63-61-59-57-55-53-51-49-46-35-33-31-29-27-25-23-21-19-17-15-13-11-9-7-2/h9,11,15,17-18,20-21,23-24,26-27,29-30,32-33,35,49,51,55,57,80H,6-8,10,12-14,16,19,22,25,28,31,34,36-48,50,52-54,56,58-79H2,1-5H3/b11-9-,17-15-,20-18-,23-21-,26-24-,29-27-,32-30-,35-33-,51-49-,57-55-. The van der Waals surface area contributed by atoms with Crippen LogP contribution in [0.4, 0.5) is 0 Å². The molecule has 92 heavy (non-hydrogen) atoms. The third-order valence-electron chi connectivity index (χ3n) is 16.5. The Kier molecular flexibility index (Phi) is 68.9. The van der Waals surface area contributed by atoms with E-state index >= 15 is 0 Å². The van der Waals surface area contributed by atoms with Gasteiger partial charge in [-0.1, -0.05) is 334 Å². The monoisotopic (exact) mass is 1300 g/mol. The quantitative estimate of drug-likeness (QED) is 0.0195. The smallest absolute Gasteiger partial charge is 0.306 e. The lowest BCUT2D eigenvalue weighted by Gasteiger charge is -2.28. The Balaban J connectivity index is 3.99. The summed E-state index contributed by atoms with van der Waals surface area (Å²) in [6.45, 7) is 4.13. The van der Waals surface area contributed by atoms with Crippen molar-refractivity contribution in [3.63, 3.8) is 0 Å². The van der Waals surface area contributed by atoms with Crippen LogP contribution in [-0.4, -0.2) is 70.0 Å². The van der Waals surface area contributed by atoms with E-state index in [4.69, 9.17) is 18.5 Å². The Hall–Kier alpha value is -3.59. The van der Waals surface area contributed by atoms with E-state index in [1.165, 1.54) is 199 Å². The van der Waals surface area contributed by atoms with Gasteiger partial charge in [-0.25, -0.2) is 0 Å². The van der Waals surface area contributed by atoms with E-state index < -0.39 is 26.5 Å². The summed E-state index contributed by atoms with van der Waals surface area (Å²) in [4.78, 5) is 38.1. The number of hydrogen-bond donors (Lipinski definition) is 0. The highest BCUT2D eigenvalue weighted by molar-refractivity contribution is 7.45. The fourth-order valence-electron chi connectivity index (χ4n) is 10.6. The maximum absolute atomic E-state index is 12.9. The number of unbranched alkanes of at least 4 members (excludes halogenated alkanes) is 36. The van der Waals surface area contributed by atoms with Crippen LogP contribution in [0.2, 0.25) is 0 Å². The van der Waals surface area contributed by atoms with Gasteiger partial charge in [0.1, 0.15) is 19.8 Å². The number of allylic oxidation sites excluding steroid dienone is 20. The first-order valence-electron chi connectivity index (χ1n) is 38.2. The molecule has 0 heterocycles. The number of phosphoric ester groups is 1. The van der Waals surface area contributed by atoms with Gasteiger partial charge in [0.25, 0.3) is 7.82 Å². The van der Waals surface area contributed by atoms with Gasteiger partial charge in [0.15, 0.2) is 6.10 Å². The molecule has 0 aliphatic carbocycles. The molecule has 2 atom stereocenters. The molecule has 0 spiro atoms. The molecule has 0 aliphatic rings. The van der Waals surface area contributed by atoms with Gasteiger partial charge >= 0.3 is 11.9 Å². The third-order valence-corrected chi connectivity index (χ3v) is 17.4. The van der Waals surface area contributed by atoms with Gasteiger partial charge in [-0.15, -0.1) is 0 Å². The van der Waals surface area contributed by atoms with Crippen LogP contribution in [0.25, 0.3) is 0 Å². The molecule has 10 heteroatoms. The van der Waals surface area contributed by atoms with Crippen LogP contribution in [0.15, 0.2) is 122 Å². The lowest BCUT2D eigenvalue weighted by atomic mass is 10.0. The number of phosphoric acid groups is 1. The molecule has 0 aromatic carbocycles. The largest absolute Gasteiger partial charge is 0.756 e. The second kappa shape index (κ2) is 71.7. The predicted octanol–water partition coefficient (Wildman–Crippen LogP) is 24.8. The van der Waals surface area contributed by atoms with Crippen LogP contribution < -0.4 is 4.89 Å². The van der Waals surface area contributed by atoms with Crippen LogP contribution in [-0.2, 0) is 32.7 Å². The fraction of sp³-hybridized carbons (Fsp3) is 0.732. The van der Waals surface area contributed by atoms with Crippen molar-refractivity contribution in [1.29, 1.82) is 0 Å². The number of likely N-dealkylation sites (N-methyl/N-ethyl adjacent to an activating group) is 1. The topological polar surface area (TPSA) is 111 Å². The molecule has 0 saturated carbocycles. The van der Waals surface area contributed by atoms with Gasteiger partial charge < -0.3 is 27.9 Å². The number of esters is 2. The SMILES string of the molecule is CC/C=C\C/C=C\C/C=C\C/C=C\C/C=C\C/C=C\C/C=C\CCCCCCCCCC(=O)OC(COC(=O)CCCCCCCCCCCCCCCCCCCCCCCCCC/C=C\C/C=C\C/C=C\CCCCCCC)COP(=O)([O-])OCC[N+](C)(C)C. The Labute approximate surface area is 568 Å². The van der Waals surface area contributed by atoms with Crippen LogP contribution in [0.1, 0.15) is 335 Å². The Morgan fingerprint density at radius 2 is 0.620 bits per heavy atom. The maximum atomic E-state index is 12.9. The maximum Gasteiger partial charge on any atom is 0.306 e. The van der Waals surface area contributed by atoms with E-state index in [9.17, 15) is 19.0 Å². The number of quaternary nitrogens is 1. The Morgan fingerprint density at radius 3 is 0.924 bits per heavy atom. The van der Waals surface area contributed by atoms with E-state index in [0.29, 0.717) is 17.4 Å². The van der Waals surface area contributed by atoms with E-state index in [0.717, 1.165) is 103 Å². The van der Waals surface area contributed by atoms with Crippen molar-refractivity contribution in [2.75, 3.05) is 47.5 Å². The molecule has 0 bridgehead atoms. The summed E-state index contributed by atoms with van der Waals surface area (Å²) in [6.07, 6.45) is 103. The van der Waals surface area contributed by atoms with Crippen LogP contribution in [0.3, 0.4) is 0 Å². The summed E-state index contributed by atoms with van der Waals surface area (Å²) in [6, 6.07) is 0. The molecule has 0 aromatic rings. The first-order valence-corrected chi connectivity index (χ1v) is 39.7. The summed E-state index contributed by atoms with van der Waals surface area (Å²) in [5.74, 6) is -0.840. The average molecular weight is 1300 g/mol. The zero-order chi connectivity index (χ0) is 66.9. The van der Waals surface area contributed by atoms with Gasteiger partial charge in [-0.05, 0) is 109 Å². The van der Waals surface area contributed by atoms with Gasteiger partial charge in [-0.3, -0.25) is 14.2 Å². The summed E-state index contributed by atoms with van der Waals surface area (Å²) < 4.78 is 34.4. The molecule has 0 fully saturated rings. The predicted molar refractivity (Wildman–Crippen MR) is 397 cm³/mol. The van der Waals surface area contributed by atoms with E-state index in [1.807, 2.05) is 21.1 Å². The average Bonchev–Trinajstić information content (AvgIpc) is 2.14. The van der Waals surface area contributed by atoms with Gasteiger partial charge in [0, 0.05) is 12.8 Å². The molecule has 0 N–H and O–H groups in total. The highest BCUT2D eigenvalue weighted by atomic mass is 31.2. The molecule has 0 aliphatic heterocycles. The summed E-state index contributed by atoms with van der Waals surface area (Å²) in [5.41, 5.74) is 0. The zero-order valence-electron chi connectivity index (χ0n) is 60.5. The van der Waals surface area contributed by atoms with Gasteiger partial charge in [0.2, 0.25) is 0 Å². The molecule has 0 aromatic heterocycles. The first-order chi connectivity index (χ1) is 45.0. The second-order valence-corrected chi connectivity index (χ2v) is 28.0. The highest BCUT2D eigenvalue weighted by Gasteiger charge is 2.22. The number of ether oxygens (including phenoxy) is 2. The molecule has 9 nitrogen and oxygen atoms in total. The molecule has 530 valence electrons. The van der Waals surface area contributed by atoms with E-state index in [-0.39, 0.29) is 32.0 Å². The molecule has 0 amide bonds. The Bertz CT molecular complexity index is 1970. The number of carbonyl (C=O) groups excluding carboxylic acids is 2. The van der Waals surface area contributed by atoms with Crippen molar-refractivity contribution in [1.82, 2.24) is 0 Å². The molecule has 0 radical (unpaired) electrons. The lowest BCUT2D eigenvalue weighted by molar-refractivity contribution is -0.870. The minimum Gasteiger partial charge on any atom is -0.756 e. The van der Waals surface area contributed by atoms with Crippen LogP contribution in [0.5, 0.6) is 0 Å². The summed E-state index contributed by atoms with van der Waals surface area (Å²) in [7, 11) is 1.16. The van der Waals surface area contributed by atoms with E-state index in [2.05, 4.69) is 135 Å². The summed E-state index contributed by atoms with van der Waals surface area (Å²) in [5, 5.41) is 0. The van der Waals surface area contributed by atoms with Gasteiger partial charge in [0.05, 0.1) is 27.7 Å². The first kappa shape index (κ1) is 88.4. The van der Waals surface area contributed by atoms with Crippen LogP contribution >= 0.6 is 7.82 Å². The molecule has 2 unspecified atom stereocenters. The Morgan fingerprint density at radius 1 is 0.348 bits per heavy atom. The lowest BCUT2D eigenvalue weighted by Crippen LogP contribution is -2.37. The van der Waals surface area contributed by atoms with Crippen molar-refractivity contribution < 1.29 is 42.1 Å².